The van der Waals surface area contributed by atoms with E-state index in [0.29, 0.717) is 12.0 Å². The first kappa shape index (κ1) is 15.6. The Morgan fingerprint density at radius 2 is 1.94 bits per heavy atom. The molecule has 3 nitrogen and oxygen atoms in total. The van der Waals surface area contributed by atoms with Crippen molar-refractivity contribution in [3.8, 4) is 0 Å². The highest BCUT2D eigenvalue weighted by atomic mass is 32.2. The zero-order valence-electron chi connectivity index (χ0n) is 12.4. The van der Waals surface area contributed by atoms with Gasteiger partial charge in [-0.3, -0.25) is 0 Å². The zero-order chi connectivity index (χ0) is 13.9. The summed E-state index contributed by atoms with van der Waals surface area (Å²) in [7, 11) is 0. The minimum atomic E-state index is -0.594. The Kier molecular flexibility index (Phi) is 5.29. The number of imidazole rings is 1. The summed E-state index contributed by atoms with van der Waals surface area (Å²) in [5.74, 6) is 1.38. The van der Waals surface area contributed by atoms with Crippen molar-refractivity contribution < 1.29 is 5.11 Å². The smallest absolute Gasteiger partial charge is 0.168 e. The number of nitrogens with zero attached hydrogens (tertiary/aromatic N) is 2. The largest absolute Gasteiger partial charge is 0.390 e. The van der Waals surface area contributed by atoms with Crippen molar-refractivity contribution in [2.24, 2.45) is 0 Å². The van der Waals surface area contributed by atoms with Gasteiger partial charge in [-0.05, 0) is 40.0 Å². The molecule has 0 bridgehead atoms. The van der Waals surface area contributed by atoms with Crippen molar-refractivity contribution in [1.29, 1.82) is 0 Å². The molecule has 1 aromatic heterocycles. The lowest BCUT2D eigenvalue weighted by atomic mass is 10.1. The second-order valence-corrected chi connectivity index (χ2v) is 7.06. The molecule has 1 rings (SSSR count). The Labute approximate surface area is 115 Å². The fraction of sp³-hybridized carbons (Fsp3) is 0.786. The van der Waals surface area contributed by atoms with E-state index in [1.165, 1.54) is 5.69 Å². The maximum atomic E-state index is 9.73. The van der Waals surface area contributed by atoms with Crippen LogP contribution >= 0.6 is 11.8 Å². The zero-order valence-corrected chi connectivity index (χ0v) is 13.2. The van der Waals surface area contributed by atoms with Crippen LogP contribution in [0, 0.1) is 0 Å². The van der Waals surface area contributed by atoms with Crippen molar-refractivity contribution in [2.75, 3.05) is 5.75 Å². The van der Waals surface area contributed by atoms with E-state index < -0.39 is 5.60 Å². The monoisotopic (exact) mass is 270 g/mol. The molecule has 0 unspecified atom stereocenters. The first-order valence-corrected chi connectivity index (χ1v) is 7.63. The Hall–Kier alpha value is -0.480. The van der Waals surface area contributed by atoms with Crippen molar-refractivity contribution in [2.45, 2.75) is 70.7 Å². The van der Waals surface area contributed by atoms with Crippen LogP contribution in [0.2, 0.25) is 0 Å². The molecule has 0 aliphatic carbocycles. The Bertz CT molecular complexity index is 378. The van der Waals surface area contributed by atoms with E-state index in [0.717, 1.165) is 17.3 Å². The van der Waals surface area contributed by atoms with Crippen LogP contribution in [0.5, 0.6) is 0 Å². The van der Waals surface area contributed by atoms with E-state index in [4.69, 9.17) is 0 Å². The van der Waals surface area contributed by atoms with Crippen LogP contribution in [0.15, 0.2) is 11.4 Å². The van der Waals surface area contributed by atoms with E-state index in [1.807, 2.05) is 20.0 Å². The number of rotatable bonds is 6. The molecule has 0 spiro atoms. The van der Waals surface area contributed by atoms with Crippen molar-refractivity contribution in [3.63, 3.8) is 0 Å². The van der Waals surface area contributed by atoms with Gasteiger partial charge in [0.1, 0.15) is 0 Å². The van der Waals surface area contributed by atoms with Gasteiger partial charge in [0.15, 0.2) is 5.16 Å². The molecule has 0 saturated carbocycles. The Balaban J connectivity index is 2.77. The number of hydrogen-bond donors (Lipinski definition) is 1. The summed E-state index contributed by atoms with van der Waals surface area (Å²) in [6.07, 6.45) is 2.76. The molecular formula is C14H26N2OS. The fourth-order valence-electron chi connectivity index (χ4n) is 1.80. The van der Waals surface area contributed by atoms with Gasteiger partial charge in [0.2, 0.25) is 0 Å². The van der Waals surface area contributed by atoms with Crippen LogP contribution in [0.3, 0.4) is 0 Å². The van der Waals surface area contributed by atoms with E-state index in [2.05, 4.69) is 37.2 Å². The maximum absolute atomic E-state index is 9.73. The van der Waals surface area contributed by atoms with Crippen LogP contribution in [-0.2, 0) is 0 Å². The van der Waals surface area contributed by atoms with Gasteiger partial charge in [0.05, 0.1) is 5.60 Å². The molecule has 0 saturated heterocycles. The summed E-state index contributed by atoms with van der Waals surface area (Å²) in [5, 5.41) is 10.8. The number of aromatic nitrogens is 2. The van der Waals surface area contributed by atoms with Gasteiger partial charge in [-0.15, -0.1) is 0 Å². The third-order valence-electron chi connectivity index (χ3n) is 2.84. The highest BCUT2D eigenvalue weighted by Gasteiger charge is 2.17. The van der Waals surface area contributed by atoms with Crippen molar-refractivity contribution in [1.82, 2.24) is 9.55 Å². The van der Waals surface area contributed by atoms with Crippen LogP contribution in [-0.4, -0.2) is 26.0 Å². The molecule has 0 fully saturated rings. The van der Waals surface area contributed by atoms with Gasteiger partial charge in [0, 0.05) is 23.7 Å². The third kappa shape index (κ3) is 4.32. The predicted octanol–water partition coefficient (Wildman–Crippen LogP) is 3.84. The van der Waals surface area contributed by atoms with Gasteiger partial charge >= 0.3 is 0 Å². The highest BCUT2D eigenvalue weighted by molar-refractivity contribution is 7.99. The summed E-state index contributed by atoms with van der Waals surface area (Å²) >= 11 is 1.73. The fourth-order valence-corrected chi connectivity index (χ4v) is 3.17. The topological polar surface area (TPSA) is 38.1 Å². The molecule has 0 radical (unpaired) electrons. The molecule has 0 atom stereocenters. The number of hydrogen-bond acceptors (Lipinski definition) is 3. The van der Waals surface area contributed by atoms with Crippen LogP contribution < -0.4 is 0 Å². The lowest BCUT2D eigenvalue weighted by Gasteiger charge is -2.19. The second kappa shape index (κ2) is 6.11. The quantitative estimate of drug-likeness (QED) is 0.798. The van der Waals surface area contributed by atoms with Crippen LogP contribution in [0.4, 0.5) is 0 Å². The molecular weight excluding hydrogens is 244 g/mol. The molecule has 0 aromatic carbocycles. The lowest BCUT2D eigenvalue weighted by molar-refractivity contribution is 0.0777. The Morgan fingerprint density at radius 3 is 2.39 bits per heavy atom. The summed E-state index contributed by atoms with van der Waals surface area (Å²) in [6.45, 7) is 12.5. The molecule has 0 amide bonds. The summed E-state index contributed by atoms with van der Waals surface area (Å²) < 4.78 is 2.31. The molecule has 0 aliphatic heterocycles. The van der Waals surface area contributed by atoms with Crippen LogP contribution in [0.25, 0.3) is 0 Å². The van der Waals surface area contributed by atoms with E-state index in [9.17, 15) is 5.11 Å². The molecule has 1 N–H and O–H groups in total. The maximum Gasteiger partial charge on any atom is 0.168 e. The Morgan fingerprint density at radius 1 is 1.33 bits per heavy atom. The van der Waals surface area contributed by atoms with Gasteiger partial charge in [-0.1, -0.05) is 25.6 Å². The minimum Gasteiger partial charge on any atom is -0.390 e. The summed E-state index contributed by atoms with van der Waals surface area (Å²) in [4.78, 5) is 4.52. The average Bonchev–Trinajstić information content (AvgIpc) is 2.59. The number of thioether (sulfide) groups is 1. The molecule has 1 aromatic rings. The molecule has 104 valence electrons. The van der Waals surface area contributed by atoms with Gasteiger partial charge in [-0.25, -0.2) is 4.98 Å². The SMILES string of the molecule is CC(C)c1cnc(SCCC(C)(C)O)n1C(C)C. The van der Waals surface area contributed by atoms with E-state index in [-0.39, 0.29) is 0 Å². The lowest BCUT2D eigenvalue weighted by Crippen LogP contribution is -2.19. The second-order valence-electron chi connectivity index (χ2n) is 5.99. The summed E-state index contributed by atoms with van der Waals surface area (Å²) in [5.41, 5.74) is 0.694. The minimum absolute atomic E-state index is 0.425. The van der Waals surface area contributed by atoms with E-state index in [1.54, 1.807) is 11.8 Å². The highest BCUT2D eigenvalue weighted by Crippen LogP contribution is 2.28. The van der Waals surface area contributed by atoms with Gasteiger partial charge in [-0.2, -0.15) is 0 Å². The first-order valence-electron chi connectivity index (χ1n) is 6.64. The average molecular weight is 270 g/mol. The predicted molar refractivity (Wildman–Crippen MR) is 78.3 cm³/mol. The third-order valence-corrected chi connectivity index (χ3v) is 3.81. The standard InChI is InChI=1S/C14H26N2OS/c1-10(2)12-9-15-13(16(12)11(3)4)18-8-7-14(5,6)17/h9-11,17H,7-8H2,1-6H3. The normalized spacial score (nSPS) is 12.7. The van der Waals surface area contributed by atoms with Gasteiger partial charge in [0.25, 0.3) is 0 Å². The number of aliphatic hydroxyl groups is 1. The summed E-state index contributed by atoms with van der Waals surface area (Å²) in [6, 6.07) is 0.425. The molecule has 0 aliphatic rings. The molecule has 1 heterocycles. The molecule has 4 heteroatoms. The first-order chi connectivity index (χ1) is 8.22. The molecule has 18 heavy (non-hydrogen) atoms. The van der Waals surface area contributed by atoms with E-state index >= 15 is 0 Å². The van der Waals surface area contributed by atoms with Crippen molar-refractivity contribution in [3.05, 3.63) is 11.9 Å². The van der Waals surface area contributed by atoms with Crippen molar-refractivity contribution >= 4 is 11.8 Å². The van der Waals surface area contributed by atoms with Gasteiger partial charge < -0.3 is 9.67 Å². The van der Waals surface area contributed by atoms with Crippen LogP contribution in [0.1, 0.15) is 65.6 Å².